The molecule has 0 fully saturated rings. The lowest BCUT2D eigenvalue weighted by Gasteiger charge is -2.24. The number of hydrogen-bond acceptors (Lipinski definition) is 4. The first-order valence-corrected chi connectivity index (χ1v) is 10.6. The van der Waals surface area contributed by atoms with Crippen molar-refractivity contribution in [3.63, 3.8) is 0 Å². The van der Waals surface area contributed by atoms with E-state index in [2.05, 4.69) is 0 Å². The summed E-state index contributed by atoms with van der Waals surface area (Å²) in [4.78, 5) is 24.2. The number of aliphatic carboxylic acids is 1. The van der Waals surface area contributed by atoms with Crippen molar-refractivity contribution in [3.05, 3.63) is 58.1 Å². The van der Waals surface area contributed by atoms with Crippen LogP contribution in [0.5, 0.6) is 11.5 Å². The Balaban J connectivity index is 2.23. The predicted molar refractivity (Wildman–Crippen MR) is 118 cm³/mol. The molecule has 0 unspecified atom stereocenters. The number of rotatable bonds is 9. The van der Waals surface area contributed by atoms with Crippen LogP contribution in [-0.4, -0.2) is 28.6 Å². The summed E-state index contributed by atoms with van der Waals surface area (Å²) in [7, 11) is 0. The number of ketones is 1. The van der Waals surface area contributed by atoms with Gasteiger partial charge in [0.15, 0.2) is 11.4 Å². The van der Waals surface area contributed by atoms with Gasteiger partial charge in [-0.1, -0.05) is 12.1 Å². The van der Waals surface area contributed by atoms with E-state index < -0.39 is 29.4 Å². The van der Waals surface area contributed by atoms with Crippen molar-refractivity contribution in [2.24, 2.45) is 0 Å². The highest BCUT2D eigenvalue weighted by Gasteiger charge is 2.32. The molecule has 8 heteroatoms. The van der Waals surface area contributed by atoms with Crippen molar-refractivity contribution in [1.29, 1.82) is 0 Å². The van der Waals surface area contributed by atoms with Crippen LogP contribution >= 0.6 is 0 Å². The summed E-state index contributed by atoms with van der Waals surface area (Å²) in [6.07, 6.45) is -4.51. The zero-order chi connectivity index (χ0) is 25.1. The summed E-state index contributed by atoms with van der Waals surface area (Å²) in [6.45, 7) is 9.85. The molecule has 0 spiro atoms. The molecule has 0 heterocycles. The maximum atomic E-state index is 13.1. The highest BCUT2D eigenvalue weighted by atomic mass is 19.4. The van der Waals surface area contributed by atoms with Gasteiger partial charge in [0.2, 0.25) is 0 Å². The summed E-state index contributed by atoms with van der Waals surface area (Å²) < 4.78 is 50.4. The lowest BCUT2D eigenvalue weighted by atomic mass is 9.97. The van der Waals surface area contributed by atoms with Gasteiger partial charge in [0.1, 0.15) is 11.5 Å². The predicted octanol–water partition coefficient (Wildman–Crippen LogP) is 6.17. The molecule has 0 radical (unpaired) electrons. The summed E-state index contributed by atoms with van der Waals surface area (Å²) in [5.74, 6) is -1.04. The Labute approximate surface area is 191 Å². The normalized spacial score (nSPS) is 12.1. The molecule has 2 rings (SSSR count). The average Bonchev–Trinajstić information content (AvgIpc) is 2.67. The molecule has 2 aromatic carbocycles. The van der Waals surface area contributed by atoms with Crippen molar-refractivity contribution in [2.75, 3.05) is 0 Å². The van der Waals surface area contributed by atoms with Crippen LogP contribution in [0.4, 0.5) is 13.2 Å². The van der Waals surface area contributed by atoms with Crippen molar-refractivity contribution >= 4 is 11.8 Å². The molecular formula is C25H29F3O5. The van der Waals surface area contributed by atoms with Crippen molar-refractivity contribution in [3.8, 4) is 11.5 Å². The molecule has 5 nitrogen and oxygen atoms in total. The van der Waals surface area contributed by atoms with Gasteiger partial charge < -0.3 is 14.6 Å². The van der Waals surface area contributed by atoms with Crippen LogP contribution < -0.4 is 9.47 Å². The standard InChI is InChI=1S/C25H29F3O5/c1-14(2)32-21-13-18(25(26,27)28)8-9-19(21)20(29)10-7-17-11-15(3)22(16(4)12-17)33-24(5,6)23(30)31/h8-9,11-14H,7,10H2,1-6H3,(H,30,31). The molecule has 0 bridgehead atoms. The highest BCUT2D eigenvalue weighted by Crippen LogP contribution is 2.34. The minimum Gasteiger partial charge on any atom is -0.490 e. The lowest BCUT2D eigenvalue weighted by Crippen LogP contribution is -2.38. The quantitative estimate of drug-likeness (QED) is 0.448. The fourth-order valence-corrected chi connectivity index (χ4v) is 3.32. The molecule has 0 saturated heterocycles. The average molecular weight is 466 g/mol. The molecule has 2 aromatic rings. The number of carboxylic acids is 1. The number of carbonyl (C=O) groups is 2. The minimum absolute atomic E-state index is 0.0690. The molecule has 0 aliphatic carbocycles. The molecular weight excluding hydrogens is 437 g/mol. The van der Waals surface area contributed by atoms with Gasteiger partial charge in [-0.05, 0) is 82.9 Å². The van der Waals surface area contributed by atoms with Crippen LogP contribution in [0.25, 0.3) is 0 Å². The van der Waals surface area contributed by atoms with Gasteiger partial charge >= 0.3 is 12.1 Å². The van der Waals surface area contributed by atoms with E-state index >= 15 is 0 Å². The van der Waals surface area contributed by atoms with Crippen LogP contribution in [0.3, 0.4) is 0 Å². The molecule has 33 heavy (non-hydrogen) atoms. The zero-order valence-electron chi connectivity index (χ0n) is 19.6. The summed E-state index contributed by atoms with van der Waals surface area (Å²) >= 11 is 0. The Morgan fingerprint density at radius 2 is 1.61 bits per heavy atom. The van der Waals surface area contributed by atoms with E-state index in [1.807, 2.05) is 12.1 Å². The second kappa shape index (κ2) is 9.85. The van der Waals surface area contributed by atoms with Gasteiger partial charge in [0.05, 0.1) is 17.2 Å². The maximum absolute atomic E-state index is 13.1. The van der Waals surface area contributed by atoms with Crippen molar-refractivity contribution in [1.82, 2.24) is 0 Å². The fraction of sp³-hybridized carbons (Fsp3) is 0.440. The molecule has 0 atom stereocenters. The topological polar surface area (TPSA) is 72.8 Å². The molecule has 0 aromatic heterocycles. The van der Waals surface area contributed by atoms with Gasteiger partial charge in [0, 0.05) is 6.42 Å². The Bertz CT molecular complexity index is 1020. The van der Waals surface area contributed by atoms with Crippen LogP contribution in [0.15, 0.2) is 30.3 Å². The summed E-state index contributed by atoms with van der Waals surface area (Å²) in [5, 5.41) is 9.30. The van der Waals surface area contributed by atoms with Gasteiger partial charge in [-0.3, -0.25) is 4.79 Å². The van der Waals surface area contributed by atoms with Gasteiger partial charge in [-0.2, -0.15) is 13.2 Å². The number of carboxylic acid groups (broad SMARTS) is 1. The van der Waals surface area contributed by atoms with E-state index in [0.717, 1.165) is 34.9 Å². The number of alkyl halides is 3. The maximum Gasteiger partial charge on any atom is 0.416 e. The zero-order valence-corrected chi connectivity index (χ0v) is 19.6. The van der Waals surface area contributed by atoms with Gasteiger partial charge in [0.25, 0.3) is 0 Å². The number of halogens is 3. The third-order valence-electron chi connectivity index (χ3n) is 5.01. The van der Waals surface area contributed by atoms with E-state index in [0.29, 0.717) is 12.2 Å². The minimum atomic E-state index is -4.54. The van der Waals surface area contributed by atoms with Crippen LogP contribution in [-0.2, 0) is 17.4 Å². The van der Waals surface area contributed by atoms with Crippen LogP contribution in [0.1, 0.15) is 66.7 Å². The first-order valence-electron chi connectivity index (χ1n) is 10.6. The first kappa shape index (κ1) is 26.2. The fourth-order valence-electron chi connectivity index (χ4n) is 3.32. The molecule has 0 aliphatic heterocycles. The SMILES string of the molecule is Cc1cc(CCC(=O)c2ccc(C(F)(F)F)cc2OC(C)C)cc(C)c1OC(C)(C)C(=O)O. The molecule has 1 N–H and O–H groups in total. The summed E-state index contributed by atoms with van der Waals surface area (Å²) in [5.41, 5.74) is 0.115. The van der Waals surface area contributed by atoms with Crippen LogP contribution in [0, 0.1) is 13.8 Å². The van der Waals surface area contributed by atoms with Gasteiger partial charge in [-0.25, -0.2) is 4.79 Å². The number of Topliss-reactive ketones (excluding diaryl/α,β-unsaturated/α-hetero) is 1. The highest BCUT2D eigenvalue weighted by molar-refractivity contribution is 5.98. The van der Waals surface area contributed by atoms with Crippen molar-refractivity contribution < 1.29 is 37.3 Å². The van der Waals surface area contributed by atoms with E-state index in [1.165, 1.54) is 13.8 Å². The molecule has 0 aliphatic rings. The number of ether oxygens (including phenoxy) is 2. The second-order valence-electron chi connectivity index (χ2n) is 8.77. The lowest BCUT2D eigenvalue weighted by molar-refractivity contribution is -0.152. The Morgan fingerprint density at radius 3 is 2.09 bits per heavy atom. The largest absolute Gasteiger partial charge is 0.490 e. The molecule has 180 valence electrons. The Morgan fingerprint density at radius 1 is 1.03 bits per heavy atom. The number of hydrogen-bond donors (Lipinski definition) is 1. The first-order chi connectivity index (χ1) is 15.1. The number of carbonyl (C=O) groups excluding carboxylic acids is 1. The van der Waals surface area contributed by atoms with E-state index in [1.54, 1.807) is 27.7 Å². The second-order valence-corrected chi connectivity index (χ2v) is 8.77. The van der Waals surface area contributed by atoms with Gasteiger partial charge in [-0.15, -0.1) is 0 Å². The number of aryl methyl sites for hydroxylation is 3. The van der Waals surface area contributed by atoms with E-state index in [9.17, 15) is 27.9 Å². The van der Waals surface area contributed by atoms with Crippen LogP contribution in [0.2, 0.25) is 0 Å². The van der Waals surface area contributed by atoms with E-state index in [4.69, 9.17) is 9.47 Å². The smallest absolute Gasteiger partial charge is 0.416 e. The van der Waals surface area contributed by atoms with E-state index in [-0.39, 0.29) is 23.5 Å². The van der Waals surface area contributed by atoms with Crippen molar-refractivity contribution in [2.45, 2.75) is 72.3 Å². The number of benzene rings is 2. The Kier molecular flexibility index (Phi) is 7.83. The molecule has 0 saturated carbocycles. The Hall–Kier alpha value is -3.03. The monoisotopic (exact) mass is 466 g/mol. The third kappa shape index (κ3) is 6.73. The summed E-state index contributed by atoms with van der Waals surface area (Å²) in [6, 6.07) is 6.52. The molecule has 0 amide bonds. The third-order valence-corrected chi connectivity index (χ3v) is 5.01.